The minimum atomic E-state index is 0.413. The standard InChI is InChI=1S/C8H7N3OS/c9-5-11(12)8-10-6-3-1-2-4-7(6)13-8/h1-5,9,12H. The molecule has 0 spiro atoms. The summed E-state index contributed by atoms with van der Waals surface area (Å²) in [5, 5.41) is 17.1. The number of aromatic nitrogens is 1. The van der Waals surface area contributed by atoms with Gasteiger partial charge in [0.05, 0.1) is 10.2 Å². The van der Waals surface area contributed by atoms with Crippen LogP contribution in [0.15, 0.2) is 24.3 Å². The Balaban J connectivity index is 2.55. The van der Waals surface area contributed by atoms with E-state index in [-0.39, 0.29) is 0 Å². The van der Waals surface area contributed by atoms with Gasteiger partial charge in [0.25, 0.3) is 0 Å². The molecule has 13 heavy (non-hydrogen) atoms. The quantitative estimate of drug-likeness (QED) is 0.436. The molecule has 0 unspecified atom stereocenters. The van der Waals surface area contributed by atoms with Gasteiger partial charge in [0, 0.05) is 0 Å². The molecule has 0 aliphatic rings. The van der Waals surface area contributed by atoms with Crippen LogP contribution in [0, 0.1) is 5.41 Å². The third-order valence-electron chi connectivity index (χ3n) is 1.60. The first kappa shape index (κ1) is 8.15. The lowest BCUT2D eigenvalue weighted by Crippen LogP contribution is -2.13. The van der Waals surface area contributed by atoms with Gasteiger partial charge in [-0.3, -0.25) is 10.6 Å². The van der Waals surface area contributed by atoms with Gasteiger partial charge in [0.2, 0.25) is 5.13 Å². The van der Waals surface area contributed by atoms with Gasteiger partial charge in [0.1, 0.15) is 6.34 Å². The SMILES string of the molecule is N=CN(O)c1nc2ccccc2s1. The first-order valence-corrected chi connectivity index (χ1v) is 4.47. The summed E-state index contributed by atoms with van der Waals surface area (Å²) in [5.41, 5.74) is 0.836. The van der Waals surface area contributed by atoms with Crippen LogP contribution in [0.1, 0.15) is 0 Å². The van der Waals surface area contributed by atoms with Crippen LogP contribution >= 0.6 is 11.3 Å². The maximum absolute atomic E-state index is 9.17. The fourth-order valence-corrected chi connectivity index (χ4v) is 1.87. The molecule has 0 atom stereocenters. The second kappa shape index (κ2) is 3.12. The Labute approximate surface area is 78.5 Å². The highest BCUT2D eigenvalue weighted by Crippen LogP contribution is 2.26. The van der Waals surface area contributed by atoms with Gasteiger partial charge in [-0.05, 0) is 12.1 Å². The highest BCUT2D eigenvalue weighted by atomic mass is 32.1. The maximum Gasteiger partial charge on any atom is 0.216 e. The number of anilines is 1. The van der Waals surface area contributed by atoms with Gasteiger partial charge in [-0.2, -0.15) is 5.06 Å². The van der Waals surface area contributed by atoms with Crippen molar-refractivity contribution in [1.82, 2.24) is 4.98 Å². The largest absolute Gasteiger partial charge is 0.289 e. The summed E-state index contributed by atoms with van der Waals surface area (Å²) in [4.78, 5) is 4.13. The molecule has 0 bridgehead atoms. The molecule has 0 saturated heterocycles. The van der Waals surface area contributed by atoms with Crippen molar-refractivity contribution in [3.63, 3.8) is 0 Å². The average Bonchev–Trinajstić information content (AvgIpc) is 2.59. The summed E-state index contributed by atoms with van der Waals surface area (Å²) in [6, 6.07) is 7.59. The normalized spacial score (nSPS) is 10.2. The van der Waals surface area contributed by atoms with E-state index in [2.05, 4.69) is 4.98 Å². The lowest BCUT2D eigenvalue weighted by molar-refractivity contribution is 0.316. The molecule has 0 radical (unpaired) electrons. The zero-order valence-electron chi connectivity index (χ0n) is 6.64. The Morgan fingerprint density at radius 1 is 1.46 bits per heavy atom. The molecule has 0 fully saturated rings. The maximum atomic E-state index is 9.17. The van der Waals surface area contributed by atoms with E-state index in [1.54, 1.807) is 0 Å². The molecule has 66 valence electrons. The van der Waals surface area contributed by atoms with E-state index in [0.717, 1.165) is 16.6 Å². The molecular formula is C8H7N3OS. The van der Waals surface area contributed by atoms with Gasteiger partial charge in [-0.25, -0.2) is 4.98 Å². The Hall–Kier alpha value is -1.46. The predicted molar refractivity (Wildman–Crippen MR) is 52.7 cm³/mol. The summed E-state index contributed by atoms with van der Waals surface area (Å²) in [6.45, 7) is 0. The van der Waals surface area contributed by atoms with Crippen molar-refractivity contribution >= 4 is 33.0 Å². The van der Waals surface area contributed by atoms with E-state index in [1.807, 2.05) is 24.3 Å². The second-order valence-corrected chi connectivity index (χ2v) is 3.45. The molecule has 0 saturated carbocycles. The van der Waals surface area contributed by atoms with Crippen LogP contribution < -0.4 is 5.06 Å². The third kappa shape index (κ3) is 1.39. The van der Waals surface area contributed by atoms with Crippen LogP contribution in [0.3, 0.4) is 0 Å². The fourth-order valence-electron chi connectivity index (χ4n) is 1.01. The van der Waals surface area contributed by atoms with E-state index in [0.29, 0.717) is 10.2 Å². The summed E-state index contributed by atoms with van der Waals surface area (Å²) in [7, 11) is 0. The molecule has 4 nitrogen and oxygen atoms in total. The van der Waals surface area contributed by atoms with Gasteiger partial charge in [-0.15, -0.1) is 0 Å². The van der Waals surface area contributed by atoms with Crippen molar-refractivity contribution in [2.45, 2.75) is 0 Å². The van der Waals surface area contributed by atoms with Crippen molar-refractivity contribution in [1.29, 1.82) is 5.41 Å². The van der Waals surface area contributed by atoms with E-state index >= 15 is 0 Å². The van der Waals surface area contributed by atoms with Crippen molar-refractivity contribution in [2.75, 3.05) is 5.06 Å². The number of thiazole rings is 1. The van der Waals surface area contributed by atoms with Crippen molar-refractivity contribution in [2.24, 2.45) is 0 Å². The Morgan fingerprint density at radius 2 is 2.23 bits per heavy atom. The van der Waals surface area contributed by atoms with E-state index < -0.39 is 0 Å². The van der Waals surface area contributed by atoms with Gasteiger partial charge >= 0.3 is 0 Å². The minimum Gasteiger partial charge on any atom is -0.289 e. The van der Waals surface area contributed by atoms with E-state index in [9.17, 15) is 0 Å². The predicted octanol–water partition coefficient (Wildman–Crippen LogP) is 2.10. The molecule has 0 aliphatic carbocycles. The van der Waals surface area contributed by atoms with Gasteiger partial charge in [-0.1, -0.05) is 23.5 Å². The van der Waals surface area contributed by atoms with Crippen LogP contribution in [0.5, 0.6) is 0 Å². The van der Waals surface area contributed by atoms with E-state index in [1.165, 1.54) is 11.3 Å². The van der Waals surface area contributed by atoms with Crippen molar-refractivity contribution in [3.8, 4) is 0 Å². The van der Waals surface area contributed by atoms with Crippen LogP contribution in [0.2, 0.25) is 0 Å². The summed E-state index contributed by atoms with van der Waals surface area (Å²) in [5.74, 6) is 0. The average molecular weight is 193 g/mol. The minimum absolute atomic E-state index is 0.413. The molecule has 2 aromatic rings. The number of nitrogens with one attached hydrogen (secondary N) is 1. The number of hydrogen-bond acceptors (Lipinski definition) is 4. The molecule has 0 aliphatic heterocycles. The molecule has 1 aromatic heterocycles. The van der Waals surface area contributed by atoms with E-state index in [4.69, 9.17) is 10.6 Å². The Kier molecular flexibility index (Phi) is 1.96. The molecule has 1 aromatic carbocycles. The molecule has 0 amide bonds. The molecular weight excluding hydrogens is 186 g/mol. The molecule has 2 N–H and O–H groups in total. The van der Waals surface area contributed by atoms with Crippen LogP contribution in [0.4, 0.5) is 5.13 Å². The number of fused-ring (bicyclic) bond motifs is 1. The first-order chi connectivity index (χ1) is 6.31. The number of para-hydroxylation sites is 1. The van der Waals surface area contributed by atoms with Gasteiger partial charge < -0.3 is 0 Å². The van der Waals surface area contributed by atoms with Crippen LogP contribution in [-0.4, -0.2) is 16.5 Å². The molecule has 2 rings (SSSR count). The first-order valence-electron chi connectivity index (χ1n) is 3.65. The summed E-state index contributed by atoms with van der Waals surface area (Å²) in [6.07, 6.45) is 0.817. The van der Waals surface area contributed by atoms with Crippen LogP contribution in [-0.2, 0) is 0 Å². The highest BCUT2D eigenvalue weighted by Gasteiger charge is 2.06. The topological polar surface area (TPSA) is 60.2 Å². The zero-order valence-corrected chi connectivity index (χ0v) is 7.45. The third-order valence-corrected chi connectivity index (χ3v) is 2.63. The second-order valence-electron chi connectivity index (χ2n) is 2.44. The lowest BCUT2D eigenvalue weighted by Gasteiger charge is -2.02. The lowest BCUT2D eigenvalue weighted by atomic mass is 10.3. The van der Waals surface area contributed by atoms with Crippen molar-refractivity contribution < 1.29 is 5.21 Å². The van der Waals surface area contributed by atoms with Crippen LogP contribution in [0.25, 0.3) is 10.2 Å². The smallest absolute Gasteiger partial charge is 0.216 e. The number of rotatable bonds is 2. The monoisotopic (exact) mass is 193 g/mol. The number of nitrogens with zero attached hydrogens (tertiary/aromatic N) is 2. The number of hydroxylamine groups is 1. The summed E-state index contributed by atoms with van der Waals surface area (Å²) < 4.78 is 0.999. The van der Waals surface area contributed by atoms with Crippen molar-refractivity contribution in [3.05, 3.63) is 24.3 Å². The fraction of sp³-hybridized carbons (Fsp3) is 0. The number of hydrogen-bond donors (Lipinski definition) is 2. The Bertz CT molecular complexity index is 407. The zero-order chi connectivity index (χ0) is 9.26. The highest BCUT2D eigenvalue weighted by molar-refractivity contribution is 7.22. The molecule has 5 heteroatoms. The van der Waals surface area contributed by atoms with Gasteiger partial charge in [0.15, 0.2) is 0 Å². The number of benzene rings is 1. The molecule has 1 heterocycles. The summed E-state index contributed by atoms with van der Waals surface area (Å²) >= 11 is 1.34. The Morgan fingerprint density at radius 3 is 2.92 bits per heavy atom.